The summed E-state index contributed by atoms with van der Waals surface area (Å²) in [6.07, 6.45) is 3.31. The van der Waals surface area contributed by atoms with Crippen molar-refractivity contribution in [3.63, 3.8) is 0 Å². The highest BCUT2D eigenvalue weighted by atomic mass is 16.5. The third-order valence-corrected chi connectivity index (χ3v) is 4.34. The number of likely N-dealkylation sites (tertiary alicyclic amines) is 1. The summed E-state index contributed by atoms with van der Waals surface area (Å²) in [5, 5.41) is 11.7. The molecule has 3 aromatic rings. The van der Waals surface area contributed by atoms with Crippen LogP contribution in [0.15, 0.2) is 45.8 Å². The van der Waals surface area contributed by atoms with Gasteiger partial charge in [-0.05, 0) is 25.0 Å². The zero-order chi connectivity index (χ0) is 17.2. The van der Waals surface area contributed by atoms with E-state index in [1.807, 2.05) is 35.2 Å². The van der Waals surface area contributed by atoms with Crippen LogP contribution in [-0.2, 0) is 0 Å². The fourth-order valence-electron chi connectivity index (χ4n) is 3.00. The van der Waals surface area contributed by atoms with E-state index in [1.165, 1.54) is 0 Å². The fraction of sp³-hybridized carbons (Fsp3) is 0.312. The molecule has 25 heavy (non-hydrogen) atoms. The summed E-state index contributed by atoms with van der Waals surface area (Å²) in [7, 11) is 0. The Labute approximate surface area is 142 Å². The largest absolute Gasteiger partial charge is 0.439 e. The molecule has 1 aliphatic rings. The Kier molecular flexibility index (Phi) is 3.88. The predicted molar refractivity (Wildman–Crippen MR) is 86.8 cm³/mol. The molecule has 0 aliphatic carbocycles. The number of hydrogen-bond acceptors (Lipinski definition) is 6. The number of amides is 1. The third-order valence-electron chi connectivity index (χ3n) is 4.34. The molecule has 0 unspecified atom stereocenters. The lowest BCUT2D eigenvalue weighted by Crippen LogP contribution is -2.39. The average Bonchev–Trinajstić information content (AvgIpc) is 3.31. The zero-order valence-corrected chi connectivity index (χ0v) is 13.3. The second-order valence-electron chi connectivity index (χ2n) is 5.92. The van der Waals surface area contributed by atoms with Gasteiger partial charge < -0.3 is 4.90 Å². The molecule has 0 atom stereocenters. The molecule has 0 spiro atoms. The van der Waals surface area contributed by atoms with Gasteiger partial charge in [0, 0.05) is 18.7 Å². The normalized spacial score (nSPS) is 15.4. The van der Waals surface area contributed by atoms with Crippen LogP contribution in [0.1, 0.15) is 29.2 Å². The van der Waals surface area contributed by atoms with Gasteiger partial charge in [-0.3, -0.25) is 14.3 Å². The van der Waals surface area contributed by atoms with Crippen molar-refractivity contribution in [3.8, 4) is 11.5 Å². The van der Waals surface area contributed by atoms with Crippen molar-refractivity contribution in [3.05, 3.63) is 52.6 Å². The number of nitrogens with zero attached hydrogens (tertiary/aromatic N) is 5. The van der Waals surface area contributed by atoms with Gasteiger partial charge in [0.15, 0.2) is 5.69 Å². The van der Waals surface area contributed by atoms with Crippen molar-refractivity contribution in [2.75, 3.05) is 13.1 Å². The number of carbonyl (C=O) groups excluding carboxylic acids is 1. The first-order valence-electron chi connectivity index (χ1n) is 8.03. The molecule has 1 aliphatic heterocycles. The number of aromatic amines is 1. The maximum atomic E-state index is 12.5. The highest BCUT2D eigenvalue weighted by molar-refractivity contribution is 5.94. The van der Waals surface area contributed by atoms with E-state index in [1.54, 1.807) is 10.9 Å². The second-order valence-corrected chi connectivity index (χ2v) is 5.92. The van der Waals surface area contributed by atoms with Crippen LogP contribution in [0.25, 0.3) is 11.5 Å². The van der Waals surface area contributed by atoms with E-state index in [0.717, 1.165) is 12.8 Å². The Hall–Kier alpha value is -3.23. The molecular formula is C16H16N6O3. The van der Waals surface area contributed by atoms with Gasteiger partial charge in [0.25, 0.3) is 5.91 Å². The number of carbonyl (C=O) groups is 1. The zero-order valence-electron chi connectivity index (χ0n) is 13.3. The minimum atomic E-state index is -0.628. The van der Waals surface area contributed by atoms with Crippen LogP contribution < -0.4 is 5.76 Å². The Morgan fingerprint density at radius 2 is 1.96 bits per heavy atom. The first-order valence-corrected chi connectivity index (χ1v) is 8.03. The summed E-state index contributed by atoms with van der Waals surface area (Å²) in [5.74, 6) is -0.316. The number of aromatic nitrogens is 5. The number of piperidine rings is 1. The number of H-pyrrole nitrogens is 1. The Balaban J connectivity index is 1.41. The highest BCUT2D eigenvalue weighted by Crippen LogP contribution is 2.24. The first kappa shape index (κ1) is 15.3. The van der Waals surface area contributed by atoms with E-state index in [-0.39, 0.29) is 17.8 Å². The topological polar surface area (TPSA) is 110 Å². The molecule has 1 aromatic carbocycles. The SMILES string of the molecule is O=C(c1ccccc1)N1CCC(n2cc(-c3noc(=O)[nH]3)nn2)CC1. The minimum Gasteiger partial charge on any atom is -0.338 e. The van der Waals surface area contributed by atoms with Crippen molar-refractivity contribution in [2.45, 2.75) is 18.9 Å². The van der Waals surface area contributed by atoms with Crippen LogP contribution in [0.3, 0.4) is 0 Å². The van der Waals surface area contributed by atoms with Gasteiger partial charge in [0.2, 0.25) is 5.82 Å². The predicted octanol–water partition coefficient (Wildman–Crippen LogP) is 1.10. The molecule has 1 fully saturated rings. The van der Waals surface area contributed by atoms with E-state index in [0.29, 0.717) is 24.3 Å². The fourth-order valence-corrected chi connectivity index (χ4v) is 3.00. The van der Waals surface area contributed by atoms with Gasteiger partial charge >= 0.3 is 5.76 Å². The van der Waals surface area contributed by atoms with E-state index in [4.69, 9.17) is 0 Å². The number of benzene rings is 1. The maximum absolute atomic E-state index is 12.5. The monoisotopic (exact) mass is 340 g/mol. The summed E-state index contributed by atoms with van der Waals surface area (Å²) in [5.41, 5.74) is 1.16. The molecule has 4 rings (SSSR count). The van der Waals surface area contributed by atoms with Crippen LogP contribution >= 0.6 is 0 Å². The molecule has 9 heteroatoms. The van der Waals surface area contributed by atoms with Crippen LogP contribution in [0.2, 0.25) is 0 Å². The van der Waals surface area contributed by atoms with Crippen molar-refractivity contribution < 1.29 is 9.32 Å². The molecule has 1 saturated heterocycles. The van der Waals surface area contributed by atoms with E-state index in [9.17, 15) is 9.59 Å². The smallest absolute Gasteiger partial charge is 0.338 e. The quantitative estimate of drug-likeness (QED) is 0.764. The molecule has 1 amide bonds. The van der Waals surface area contributed by atoms with Crippen molar-refractivity contribution in [2.24, 2.45) is 0 Å². The third kappa shape index (κ3) is 3.08. The summed E-state index contributed by atoms with van der Waals surface area (Å²) < 4.78 is 6.23. The lowest BCUT2D eigenvalue weighted by atomic mass is 10.0. The highest BCUT2D eigenvalue weighted by Gasteiger charge is 2.25. The number of rotatable bonds is 3. The molecule has 1 N–H and O–H groups in total. The molecular weight excluding hydrogens is 324 g/mol. The van der Waals surface area contributed by atoms with Gasteiger partial charge in [-0.15, -0.1) is 5.10 Å². The van der Waals surface area contributed by atoms with Crippen molar-refractivity contribution in [1.82, 2.24) is 30.0 Å². The summed E-state index contributed by atoms with van der Waals surface area (Å²) in [4.78, 5) is 27.8. The lowest BCUT2D eigenvalue weighted by Gasteiger charge is -2.31. The molecule has 0 saturated carbocycles. The molecule has 0 radical (unpaired) electrons. The number of nitrogens with one attached hydrogen (secondary N) is 1. The summed E-state index contributed by atoms with van der Waals surface area (Å²) in [6, 6.07) is 9.44. The Bertz CT molecular complexity index is 921. The van der Waals surface area contributed by atoms with Crippen LogP contribution in [0.4, 0.5) is 0 Å². The van der Waals surface area contributed by atoms with E-state index < -0.39 is 5.76 Å². The Morgan fingerprint density at radius 1 is 1.20 bits per heavy atom. The molecule has 3 heterocycles. The standard InChI is InChI=1S/C16H16N6O3/c23-15(11-4-2-1-3-5-11)21-8-6-12(7-9-21)22-10-13(18-20-22)14-17-16(24)25-19-14/h1-5,10,12H,6-9H2,(H,17,19,24). The average molecular weight is 340 g/mol. The van der Waals surface area contributed by atoms with Gasteiger partial charge in [-0.1, -0.05) is 28.6 Å². The summed E-state index contributed by atoms with van der Waals surface area (Å²) >= 11 is 0. The number of hydrogen-bond donors (Lipinski definition) is 1. The first-order chi connectivity index (χ1) is 12.2. The van der Waals surface area contributed by atoms with E-state index >= 15 is 0 Å². The van der Waals surface area contributed by atoms with Crippen molar-refractivity contribution >= 4 is 5.91 Å². The van der Waals surface area contributed by atoms with E-state index in [2.05, 4.69) is 25.0 Å². The molecule has 9 nitrogen and oxygen atoms in total. The van der Waals surface area contributed by atoms with Crippen LogP contribution in [-0.4, -0.2) is 49.0 Å². The second kappa shape index (κ2) is 6.34. The van der Waals surface area contributed by atoms with Crippen LogP contribution in [0.5, 0.6) is 0 Å². The van der Waals surface area contributed by atoms with Gasteiger partial charge in [0.05, 0.1) is 12.2 Å². The Morgan fingerprint density at radius 3 is 2.64 bits per heavy atom. The molecule has 0 bridgehead atoms. The molecule has 128 valence electrons. The maximum Gasteiger partial charge on any atom is 0.439 e. The molecule has 2 aromatic heterocycles. The van der Waals surface area contributed by atoms with Crippen molar-refractivity contribution in [1.29, 1.82) is 0 Å². The van der Waals surface area contributed by atoms with Gasteiger partial charge in [0.1, 0.15) is 0 Å². The lowest BCUT2D eigenvalue weighted by molar-refractivity contribution is 0.0689. The minimum absolute atomic E-state index is 0.0542. The van der Waals surface area contributed by atoms with Gasteiger partial charge in [-0.2, -0.15) is 0 Å². The van der Waals surface area contributed by atoms with Crippen LogP contribution in [0, 0.1) is 0 Å². The van der Waals surface area contributed by atoms with Gasteiger partial charge in [-0.25, -0.2) is 9.48 Å². The summed E-state index contributed by atoms with van der Waals surface area (Å²) in [6.45, 7) is 1.32.